The highest BCUT2D eigenvalue weighted by Gasteiger charge is 2.43. The van der Waals surface area contributed by atoms with Gasteiger partial charge in [-0.05, 0) is 0 Å². The largest absolute Gasteiger partial charge is 0.416 e. The lowest BCUT2D eigenvalue weighted by Gasteiger charge is -2.34. The van der Waals surface area contributed by atoms with Crippen LogP contribution in [0.1, 0.15) is 0 Å². The predicted octanol–water partition coefficient (Wildman–Crippen LogP) is 2.68. The average Bonchev–Trinajstić information content (AvgIpc) is 2.48. The van der Waals surface area contributed by atoms with Crippen LogP contribution in [-0.2, 0) is 9.53 Å². The molecule has 2 heterocycles. The van der Waals surface area contributed by atoms with E-state index in [0.717, 1.165) is 0 Å². The molecule has 0 bridgehead atoms. The van der Waals surface area contributed by atoms with E-state index in [-0.39, 0.29) is 42.1 Å². The van der Waals surface area contributed by atoms with Gasteiger partial charge < -0.3 is 15.0 Å². The van der Waals surface area contributed by atoms with Crippen LogP contribution in [0.2, 0.25) is 5.02 Å². The quantitative estimate of drug-likeness (QED) is 0.845. The first-order chi connectivity index (χ1) is 10.3. The van der Waals surface area contributed by atoms with Gasteiger partial charge in [0.15, 0.2) is 6.10 Å². The molecule has 5 nitrogen and oxygen atoms in total. The molecule has 0 radical (unpaired) electrons. The van der Waals surface area contributed by atoms with E-state index in [4.69, 9.17) is 27.9 Å². The van der Waals surface area contributed by atoms with Gasteiger partial charge in [-0.25, -0.2) is 4.98 Å². The fourth-order valence-electron chi connectivity index (χ4n) is 1.94. The first-order valence-electron chi connectivity index (χ1n) is 6.26. The van der Waals surface area contributed by atoms with Crippen molar-refractivity contribution in [3.8, 4) is 0 Å². The maximum atomic E-state index is 12.7. The van der Waals surface area contributed by atoms with Crippen molar-refractivity contribution in [1.29, 1.82) is 0 Å². The van der Waals surface area contributed by atoms with Crippen LogP contribution in [0.4, 0.5) is 24.7 Å². The minimum absolute atomic E-state index is 0.0716. The fraction of sp³-hybridized carbons (Fsp3) is 0.500. The number of nitrogens with one attached hydrogen (secondary N) is 1. The predicted molar refractivity (Wildman–Crippen MR) is 76.6 cm³/mol. The van der Waals surface area contributed by atoms with Gasteiger partial charge in [-0.3, -0.25) is 4.79 Å². The van der Waals surface area contributed by atoms with Crippen molar-refractivity contribution in [2.24, 2.45) is 0 Å². The molecule has 1 aromatic heterocycles. The van der Waals surface area contributed by atoms with Gasteiger partial charge in [0.2, 0.25) is 5.91 Å². The molecular formula is C12H12Cl2F3N3O2. The smallest absolute Gasteiger partial charge is 0.365 e. The number of amides is 1. The highest BCUT2D eigenvalue weighted by molar-refractivity contribution is 6.34. The number of carbonyl (C=O) groups excluding carboxylic acids is 1. The topological polar surface area (TPSA) is 54.5 Å². The maximum Gasteiger partial charge on any atom is 0.416 e. The minimum atomic E-state index is -4.44. The van der Waals surface area contributed by atoms with Crippen molar-refractivity contribution >= 4 is 40.6 Å². The Hall–Kier alpha value is -1.25. The van der Waals surface area contributed by atoms with E-state index >= 15 is 0 Å². The van der Waals surface area contributed by atoms with Crippen molar-refractivity contribution in [3.63, 3.8) is 0 Å². The Labute approximate surface area is 134 Å². The Kier molecular flexibility index (Phi) is 5.36. The van der Waals surface area contributed by atoms with Crippen LogP contribution in [0.3, 0.4) is 0 Å². The third-order valence-corrected chi connectivity index (χ3v) is 3.54. The molecule has 1 aromatic rings. The zero-order valence-electron chi connectivity index (χ0n) is 11.2. The summed E-state index contributed by atoms with van der Waals surface area (Å²) in [6, 6.07) is 1.41. The summed E-state index contributed by atoms with van der Waals surface area (Å²) >= 11 is 11.3. The molecular weight excluding hydrogens is 346 g/mol. The van der Waals surface area contributed by atoms with Crippen LogP contribution in [0, 0.1) is 0 Å². The molecule has 22 heavy (non-hydrogen) atoms. The molecule has 0 aromatic carbocycles. The van der Waals surface area contributed by atoms with Crippen LogP contribution >= 0.6 is 23.2 Å². The molecule has 0 spiro atoms. The lowest BCUT2D eigenvalue weighted by atomic mass is 10.2. The van der Waals surface area contributed by atoms with E-state index in [1.165, 1.54) is 17.2 Å². The molecule has 1 N–H and O–H groups in total. The van der Waals surface area contributed by atoms with Gasteiger partial charge in [0.05, 0.1) is 30.1 Å². The highest BCUT2D eigenvalue weighted by Crippen LogP contribution is 2.30. The number of halogens is 5. The molecule has 1 fully saturated rings. The monoisotopic (exact) mass is 357 g/mol. The number of anilines is 2. The lowest BCUT2D eigenvalue weighted by Crippen LogP contribution is -2.49. The van der Waals surface area contributed by atoms with Crippen molar-refractivity contribution < 1.29 is 22.7 Å². The van der Waals surface area contributed by atoms with Crippen LogP contribution in [0.25, 0.3) is 0 Å². The Balaban J connectivity index is 2.18. The number of carbonyl (C=O) groups is 1. The molecule has 2 rings (SSSR count). The van der Waals surface area contributed by atoms with Gasteiger partial charge in [0.1, 0.15) is 11.7 Å². The second-order valence-corrected chi connectivity index (χ2v) is 5.23. The summed E-state index contributed by atoms with van der Waals surface area (Å²) in [5, 5.41) is 2.63. The van der Waals surface area contributed by atoms with E-state index < -0.39 is 18.2 Å². The Morgan fingerprint density at radius 3 is 2.91 bits per heavy atom. The number of pyridine rings is 1. The number of morpholine rings is 1. The standard InChI is InChI=1S/C12H12Cl2F3N3O2/c13-4-11(21)19-8-3-10(18-5-7(8)14)20-1-2-22-9(6-20)12(15,16)17/h3,5,9H,1-2,4,6H2,(H,18,19,21). The van der Waals surface area contributed by atoms with Gasteiger partial charge in [-0.1, -0.05) is 11.6 Å². The molecule has 1 aliphatic rings. The number of hydrogen-bond acceptors (Lipinski definition) is 4. The van der Waals surface area contributed by atoms with Gasteiger partial charge >= 0.3 is 6.18 Å². The minimum Gasteiger partial charge on any atom is -0.365 e. The fourth-order valence-corrected chi connectivity index (χ4v) is 2.15. The number of rotatable bonds is 3. The number of aromatic nitrogens is 1. The molecule has 10 heteroatoms. The second-order valence-electron chi connectivity index (χ2n) is 4.55. The summed E-state index contributed by atoms with van der Waals surface area (Å²) in [5.41, 5.74) is 0.243. The summed E-state index contributed by atoms with van der Waals surface area (Å²) in [4.78, 5) is 16.7. The van der Waals surface area contributed by atoms with Gasteiger partial charge in [-0.2, -0.15) is 13.2 Å². The third kappa shape index (κ3) is 4.15. The van der Waals surface area contributed by atoms with Gasteiger partial charge in [0, 0.05) is 12.6 Å². The van der Waals surface area contributed by atoms with Crippen molar-refractivity contribution in [1.82, 2.24) is 4.98 Å². The average molecular weight is 358 g/mol. The molecule has 0 aliphatic carbocycles. The zero-order chi connectivity index (χ0) is 16.3. The van der Waals surface area contributed by atoms with Gasteiger partial charge in [0.25, 0.3) is 0 Å². The number of alkyl halides is 4. The maximum absolute atomic E-state index is 12.7. The summed E-state index contributed by atoms with van der Waals surface area (Å²) in [5.74, 6) is -0.468. The Morgan fingerprint density at radius 1 is 1.55 bits per heavy atom. The van der Waals surface area contributed by atoms with Crippen LogP contribution in [-0.4, -0.2) is 48.7 Å². The Morgan fingerprint density at radius 2 is 2.27 bits per heavy atom. The molecule has 122 valence electrons. The van der Waals surface area contributed by atoms with E-state index in [2.05, 4.69) is 10.3 Å². The first-order valence-corrected chi connectivity index (χ1v) is 7.17. The highest BCUT2D eigenvalue weighted by atomic mass is 35.5. The molecule has 1 atom stereocenters. The SMILES string of the molecule is O=C(CCl)Nc1cc(N2CCOC(C(F)(F)F)C2)ncc1Cl. The number of ether oxygens (including phenoxy) is 1. The van der Waals surface area contributed by atoms with E-state index in [0.29, 0.717) is 0 Å². The molecule has 1 unspecified atom stereocenters. The van der Waals surface area contributed by atoms with Crippen LogP contribution in [0.5, 0.6) is 0 Å². The molecule has 1 aliphatic heterocycles. The first kappa shape index (κ1) is 17.1. The summed E-state index contributed by atoms with van der Waals surface area (Å²) in [7, 11) is 0. The zero-order valence-corrected chi connectivity index (χ0v) is 12.7. The van der Waals surface area contributed by atoms with Crippen molar-refractivity contribution in [2.45, 2.75) is 12.3 Å². The lowest BCUT2D eigenvalue weighted by molar-refractivity contribution is -0.221. The van der Waals surface area contributed by atoms with Crippen LogP contribution < -0.4 is 10.2 Å². The Bertz CT molecular complexity index is 557. The van der Waals surface area contributed by atoms with Crippen molar-refractivity contribution in [3.05, 3.63) is 17.3 Å². The summed E-state index contributed by atoms with van der Waals surface area (Å²) < 4.78 is 42.9. The second kappa shape index (κ2) is 6.89. The number of nitrogens with zero attached hydrogens (tertiary/aromatic N) is 2. The van der Waals surface area contributed by atoms with E-state index in [1.807, 2.05) is 0 Å². The summed E-state index contributed by atoms with van der Waals surface area (Å²) in [6.45, 7) is -0.191. The summed E-state index contributed by atoms with van der Waals surface area (Å²) in [6.07, 6.45) is -5.06. The van der Waals surface area contributed by atoms with Crippen LogP contribution in [0.15, 0.2) is 12.3 Å². The van der Waals surface area contributed by atoms with E-state index in [9.17, 15) is 18.0 Å². The molecule has 0 saturated carbocycles. The molecule has 1 amide bonds. The normalized spacial score (nSPS) is 19.1. The van der Waals surface area contributed by atoms with Crippen molar-refractivity contribution in [2.75, 3.05) is 35.8 Å². The van der Waals surface area contributed by atoms with Gasteiger partial charge in [-0.15, -0.1) is 11.6 Å². The van der Waals surface area contributed by atoms with E-state index in [1.54, 1.807) is 0 Å². The molecule has 1 saturated heterocycles. The number of hydrogen-bond donors (Lipinski definition) is 1. The third-order valence-electron chi connectivity index (χ3n) is 2.99.